The van der Waals surface area contributed by atoms with E-state index in [0.29, 0.717) is 33.1 Å². The fourth-order valence-corrected chi connectivity index (χ4v) is 2.97. The molecule has 0 bridgehead atoms. The van der Waals surface area contributed by atoms with Crippen LogP contribution < -0.4 is 15.4 Å². The van der Waals surface area contributed by atoms with Crippen molar-refractivity contribution in [1.82, 2.24) is 9.78 Å². The van der Waals surface area contributed by atoms with Crippen LogP contribution in [0.4, 0.5) is 11.4 Å². The number of hydrogen-bond acceptors (Lipinski definition) is 3. The first-order chi connectivity index (χ1) is 12.5. The number of ether oxygens (including phenoxy) is 1. The second-order valence-electron chi connectivity index (χ2n) is 5.44. The minimum atomic E-state index is 0.405. The number of methoxy groups -OCH3 is 1. The average molecular weight is 407 g/mol. The van der Waals surface area contributed by atoms with Crippen LogP contribution in [0.25, 0.3) is 0 Å². The van der Waals surface area contributed by atoms with Gasteiger partial charge in [0.2, 0.25) is 0 Å². The molecule has 0 unspecified atom stereocenters. The monoisotopic (exact) mass is 406 g/mol. The summed E-state index contributed by atoms with van der Waals surface area (Å²) in [5.41, 5.74) is 2.43. The zero-order valence-electron chi connectivity index (χ0n) is 13.9. The van der Waals surface area contributed by atoms with Gasteiger partial charge in [0.25, 0.3) is 0 Å². The second kappa shape index (κ2) is 8.40. The normalized spacial score (nSPS) is 10.4. The zero-order valence-corrected chi connectivity index (χ0v) is 16.2. The number of anilines is 2. The molecule has 0 aliphatic heterocycles. The van der Waals surface area contributed by atoms with Gasteiger partial charge in [-0.25, -0.2) is 0 Å². The molecule has 5 nitrogen and oxygen atoms in total. The summed E-state index contributed by atoms with van der Waals surface area (Å²) in [6.07, 6.45) is 3.55. The molecule has 0 aliphatic carbocycles. The number of nitrogens with one attached hydrogen (secondary N) is 2. The van der Waals surface area contributed by atoms with Crippen LogP contribution in [0.2, 0.25) is 10.0 Å². The lowest BCUT2D eigenvalue weighted by Crippen LogP contribution is -2.19. The molecule has 0 spiro atoms. The van der Waals surface area contributed by atoms with Gasteiger partial charge in [0.15, 0.2) is 5.11 Å². The molecule has 8 heteroatoms. The average Bonchev–Trinajstić information content (AvgIpc) is 3.04. The standard InChI is InChI=1S/C18H16Cl2N4OS/c1-25-17-7-6-13(19)8-16(17)23-18(26)22-14-9-21-24(11-14)10-12-4-2-3-5-15(12)20/h2-9,11H,10H2,1H3,(H2,22,23,26). The first-order valence-electron chi connectivity index (χ1n) is 7.72. The Labute approximate surface area is 166 Å². The highest BCUT2D eigenvalue weighted by Crippen LogP contribution is 2.27. The summed E-state index contributed by atoms with van der Waals surface area (Å²) < 4.78 is 7.08. The van der Waals surface area contributed by atoms with Gasteiger partial charge in [-0.3, -0.25) is 4.68 Å². The van der Waals surface area contributed by atoms with Gasteiger partial charge in [0.05, 0.1) is 31.2 Å². The van der Waals surface area contributed by atoms with Crippen LogP contribution in [0, 0.1) is 0 Å². The fourth-order valence-electron chi connectivity index (χ4n) is 2.38. The number of hydrogen-bond donors (Lipinski definition) is 2. The lowest BCUT2D eigenvalue weighted by Gasteiger charge is -2.12. The van der Waals surface area contributed by atoms with Crippen molar-refractivity contribution in [1.29, 1.82) is 0 Å². The third-order valence-electron chi connectivity index (χ3n) is 3.59. The van der Waals surface area contributed by atoms with Crippen molar-refractivity contribution in [3.63, 3.8) is 0 Å². The van der Waals surface area contributed by atoms with Crippen LogP contribution in [-0.4, -0.2) is 22.0 Å². The molecule has 26 heavy (non-hydrogen) atoms. The molecule has 0 radical (unpaired) electrons. The predicted octanol–water partition coefficient (Wildman–Crippen LogP) is 5.06. The Morgan fingerprint density at radius 3 is 2.77 bits per heavy atom. The molecular formula is C18H16Cl2N4OS. The van der Waals surface area contributed by atoms with Crippen molar-refractivity contribution in [3.8, 4) is 5.75 Å². The smallest absolute Gasteiger partial charge is 0.175 e. The largest absolute Gasteiger partial charge is 0.495 e. The van der Waals surface area contributed by atoms with E-state index in [2.05, 4.69) is 15.7 Å². The minimum Gasteiger partial charge on any atom is -0.495 e. The third kappa shape index (κ3) is 4.66. The Bertz CT molecular complexity index is 929. The van der Waals surface area contributed by atoms with Crippen LogP contribution in [0.3, 0.4) is 0 Å². The molecule has 1 heterocycles. The van der Waals surface area contributed by atoms with Crippen LogP contribution in [0.1, 0.15) is 5.56 Å². The highest BCUT2D eigenvalue weighted by Gasteiger charge is 2.08. The second-order valence-corrected chi connectivity index (χ2v) is 6.69. The molecule has 0 aliphatic rings. The van der Waals surface area contributed by atoms with Crippen LogP contribution in [0.5, 0.6) is 5.75 Å². The van der Waals surface area contributed by atoms with Gasteiger partial charge in [0.1, 0.15) is 5.75 Å². The highest BCUT2D eigenvalue weighted by molar-refractivity contribution is 7.80. The lowest BCUT2D eigenvalue weighted by molar-refractivity contribution is 0.417. The number of halogens is 2. The summed E-state index contributed by atoms with van der Waals surface area (Å²) in [5, 5.41) is 12.2. The number of nitrogens with zero attached hydrogens (tertiary/aromatic N) is 2. The summed E-state index contributed by atoms with van der Waals surface area (Å²) in [6, 6.07) is 12.9. The number of thiocarbonyl (C=S) groups is 1. The van der Waals surface area contributed by atoms with E-state index in [1.807, 2.05) is 30.5 Å². The Morgan fingerprint density at radius 2 is 2.00 bits per heavy atom. The number of benzene rings is 2. The van der Waals surface area contributed by atoms with Crippen LogP contribution >= 0.6 is 35.4 Å². The maximum atomic E-state index is 6.19. The predicted molar refractivity (Wildman–Crippen MR) is 111 cm³/mol. The minimum absolute atomic E-state index is 0.405. The molecule has 1 aromatic heterocycles. The first-order valence-corrected chi connectivity index (χ1v) is 8.89. The summed E-state index contributed by atoms with van der Waals surface area (Å²) in [5.74, 6) is 0.646. The van der Waals surface area contributed by atoms with Crippen molar-refractivity contribution >= 4 is 51.9 Å². The molecule has 134 valence electrons. The Morgan fingerprint density at radius 1 is 1.19 bits per heavy atom. The highest BCUT2D eigenvalue weighted by atomic mass is 35.5. The SMILES string of the molecule is COc1ccc(Cl)cc1NC(=S)Nc1cnn(Cc2ccccc2Cl)c1. The Kier molecular flexibility index (Phi) is 5.98. The number of rotatable bonds is 5. The molecule has 3 aromatic rings. The van der Waals surface area contributed by atoms with E-state index in [-0.39, 0.29) is 0 Å². The van der Waals surface area contributed by atoms with Crippen molar-refractivity contribution in [2.75, 3.05) is 17.7 Å². The van der Waals surface area contributed by atoms with Gasteiger partial charge in [0, 0.05) is 16.2 Å². The van der Waals surface area contributed by atoms with Gasteiger partial charge in [-0.1, -0.05) is 41.4 Å². The van der Waals surface area contributed by atoms with E-state index in [0.717, 1.165) is 11.3 Å². The molecule has 0 atom stereocenters. The van der Waals surface area contributed by atoms with Gasteiger partial charge in [-0.05, 0) is 42.0 Å². The topological polar surface area (TPSA) is 51.1 Å². The van der Waals surface area contributed by atoms with E-state index in [1.54, 1.807) is 36.2 Å². The quantitative estimate of drug-likeness (QED) is 0.580. The number of aromatic nitrogens is 2. The summed E-state index contributed by atoms with van der Waals surface area (Å²) in [7, 11) is 1.59. The van der Waals surface area contributed by atoms with Crippen LogP contribution in [-0.2, 0) is 6.54 Å². The van der Waals surface area contributed by atoms with Gasteiger partial charge < -0.3 is 15.4 Å². The van der Waals surface area contributed by atoms with E-state index in [9.17, 15) is 0 Å². The van der Waals surface area contributed by atoms with Crippen molar-refractivity contribution in [3.05, 3.63) is 70.5 Å². The molecule has 2 N–H and O–H groups in total. The van der Waals surface area contributed by atoms with E-state index in [4.69, 9.17) is 40.2 Å². The molecule has 0 fully saturated rings. The van der Waals surface area contributed by atoms with Crippen molar-refractivity contribution < 1.29 is 4.74 Å². The molecule has 0 amide bonds. The Balaban J connectivity index is 1.65. The van der Waals surface area contributed by atoms with Gasteiger partial charge >= 0.3 is 0 Å². The summed E-state index contributed by atoms with van der Waals surface area (Å²) >= 11 is 17.6. The lowest BCUT2D eigenvalue weighted by atomic mass is 10.2. The summed E-state index contributed by atoms with van der Waals surface area (Å²) in [6.45, 7) is 0.573. The maximum Gasteiger partial charge on any atom is 0.175 e. The van der Waals surface area contributed by atoms with Crippen molar-refractivity contribution in [2.45, 2.75) is 6.54 Å². The van der Waals surface area contributed by atoms with E-state index < -0.39 is 0 Å². The molecule has 0 saturated heterocycles. The fraction of sp³-hybridized carbons (Fsp3) is 0.111. The molecule has 3 rings (SSSR count). The molecular weight excluding hydrogens is 391 g/mol. The zero-order chi connectivity index (χ0) is 18.5. The first kappa shape index (κ1) is 18.5. The van der Waals surface area contributed by atoms with Gasteiger partial charge in [-0.2, -0.15) is 5.10 Å². The third-order valence-corrected chi connectivity index (χ3v) is 4.40. The molecule has 2 aromatic carbocycles. The van der Waals surface area contributed by atoms with Crippen LogP contribution in [0.15, 0.2) is 54.9 Å². The van der Waals surface area contributed by atoms with Crippen molar-refractivity contribution in [2.24, 2.45) is 0 Å². The molecule has 0 saturated carbocycles. The van der Waals surface area contributed by atoms with Gasteiger partial charge in [-0.15, -0.1) is 0 Å². The summed E-state index contributed by atoms with van der Waals surface area (Å²) in [4.78, 5) is 0. The van der Waals surface area contributed by atoms with E-state index in [1.165, 1.54) is 0 Å². The van der Waals surface area contributed by atoms with E-state index >= 15 is 0 Å². The Hall–Kier alpha value is -2.28. The maximum absolute atomic E-state index is 6.19.